The molecule has 3 aromatic rings. The number of hydrogen-bond donors (Lipinski definition) is 3. The topological polar surface area (TPSA) is 90.4 Å². The molecule has 0 saturated carbocycles. The van der Waals surface area contributed by atoms with Crippen LogP contribution in [0.4, 0.5) is 30.6 Å². The molecule has 0 aliphatic heterocycles. The zero-order valence-corrected chi connectivity index (χ0v) is 21.0. The Morgan fingerprint density at radius 2 is 1.97 bits per heavy atom. The van der Waals surface area contributed by atoms with E-state index in [2.05, 4.69) is 29.8 Å². The minimum atomic E-state index is -4.70. The van der Waals surface area contributed by atoms with Gasteiger partial charge in [0.15, 0.2) is 0 Å². The Morgan fingerprint density at radius 3 is 2.61 bits per heavy atom. The average molecular weight is 538 g/mol. The van der Waals surface area contributed by atoms with Crippen molar-refractivity contribution in [3.8, 4) is 0 Å². The van der Waals surface area contributed by atoms with Crippen molar-refractivity contribution < 1.29 is 23.1 Å². The smallest absolute Gasteiger partial charge is 0.394 e. The lowest BCUT2D eigenvalue weighted by Crippen LogP contribution is -2.30. The monoisotopic (exact) mass is 537 g/mol. The van der Waals surface area contributed by atoms with Crippen molar-refractivity contribution in [2.45, 2.75) is 18.6 Å². The Hall–Kier alpha value is -3.20. The van der Waals surface area contributed by atoms with Crippen molar-refractivity contribution in [3.05, 3.63) is 83.2 Å². The standard InChI is InChI=1S/C24H24ClF3N5O2P/c1-33(11-5-8-21(35)30-20(14-34)15-6-3-2-4-7-15)22-17(24(26,27)28)13-29-23(32-22)31-19-10-9-16(36)12-18(19)25/h2-7,9-13,20,34H,8,14,36H2,1H3,(H,30,35)(H,29,31,32)/b11-5-. The third-order valence-corrected chi connectivity index (χ3v) is 5.67. The molecule has 3 rings (SSSR count). The first-order valence-corrected chi connectivity index (χ1v) is 11.6. The second kappa shape index (κ2) is 12.2. The Balaban J connectivity index is 1.74. The van der Waals surface area contributed by atoms with Crippen molar-refractivity contribution >= 4 is 49.5 Å². The van der Waals surface area contributed by atoms with Crippen molar-refractivity contribution in [3.63, 3.8) is 0 Å². The van der Waals surface area contributed by atoms with Crippen LogP contribution in [0.1, 0.15) is 23.6 Å². The number of hydrogen-bond acceptors (Lipinski definition) is 6. The van der Waals surface area contributed by atoms with E-state index in [9.17, 15) is 23.1 Å². The first kappa shape index (κ1) is 27.4. The molecule has 0 fully saturated rings. The molecule has 0 bridgehead atoms. The number of amides is 1. The van der Waals surface area contributed by atoms with Gasteiger partial charge in [0.05, 0.1) is 23.4 Å². The molecule has 12 heteroatoms. The maximum Gasteiger partial charge on any atom is 0.421 e. The van der Waals surface area contributed by atoms with Crippen LogP contribution in [0.3, 0.4) is 0 Å². The van der Waals surface area contributed by atoms with E-state index in [0.29, 0.717) is 16.9 Å². The minimum Gasteiger partial charge on any atom is -0.394 e. The number of carbonyl (C=O) groups is 1. The highest BCUT2D eigenvalue weighted by atomic mass is 35.5. The molecule has 0 aliphatic rings. The third-order valence-electron chi connectivity index (χ3n) is 5.00. The zero-order chi connectivity index (χ0) is 26.3. The van der Waals surface area contributed by atoms with Crippen LogP contribution in [0.2, 0.25) is 5.02 Å². The summed E-state index contributed by atoms with van der Waals surface area (Å²) in [7, 11) is 3.87. The Kier molecular flexibility index (Phi) is 9.25. The largest absolute Gasteiger partial charge is 0.421 e. The Labute approximate surface area is 213 Å². The fourth-order valence-electron chi connectivity index (χ4n) is 3.22. The quantitative estimate of drug-likeness (QED) is 0.346. The second-order valence-corrected chi connectivity index (χ2v) is 8.78. The van der Waals surface area contributed by atoms with Gasteiger partial charge in [-0.25, -0.2) is 4.98 Å². The third kappa shape index (κ3) is 7.40. The number of aliphatic hydroxyl groups excluding tert-OH is 1. The molecule has 190 valence electrons. The summed E-state index contributed by atoms with van der Waals surface area (Å²) in [6, 6.07) is 13.4. The van der Waals surface area contributed by atoms with Crippen LogP contribution in [0.5, 0.6) is 0 Å². The van der Waals surface area contributed by atoms with Crippen LogP contribution >= 0.6 is 20.8 Å². The lowest BCUT2D eigenvalue weighted by atomic mass is 10.1. The second-order valence-electron chi connectivity index (χ2n) is 7.71. The van der Waals surface area contributed by atoms with Gasteiger partial charge in [-0.15, -0.1) is 9.24 Å². The molecule has 0 saturated heterocycles. The van der Waals surface area contributed by atoms with Crippen LogP contribution in [-0.2, 0) is 11.0 Å². The van der Waals surface area contributed by atoms with Gasteiger partial charge >= 0.3 is 6.18 Å². The van der Waals surface area contributed by atoms with Gasteiger partial charge in [0.1, 0.15) is 11.4 Å². The van der Waals surface area contributed by atoms with Gasteiger partial charge in [0.25, 0.3) is 0 Å². The summed E-state index contributed by atoms with van der Waals surface area (Å²) in [5, 5.41) is 16.3. The fourth-order valence-corrected chi connectivity index (χ4v) is 3.82. The summed E-state index contributed by atoms with van der Waals surface area (Å²) in [4.78, 5) is 21.3. The van der Waals surface area contributed by atoms with Crippen LogP contribution in [0.25, 0.3) is 0 Å². The van der Waals surface area contributed by atoms with Crippen molar-refractivity contribution in [1.29, 1.82) is 0 Å². The normalized spacial score (nSPS) is 12.4. The summed E-state index contributed by atoms with van der Waals surface area (Å²) in [6.45, 7) is -0.297. The molecule has 1 aromatic heterocycles. The van der Waals surface area contributed by atoms with Crippen LogP contribution in [-0.4, -0.2) is 34.6 Å². The molecule has 36 heavy (non-hydrogen) atoms. The van der Waals surface area contributed by atoms with E-state index < -0.39 is 29.5 Å². The Morgan fingerprint density at radius 1 is 1.25 bits per heavy atom. The predicted molar refractivity (Wildman–Crippen MR) is 138 cm³/mol. The fraction of sp³-hybridized carbons (Fsp3) is 0.208. The molecule has 1 heterocycles. The highest BCUT2D eigenvalue weighted by molar-refractivity contribution is 7.27. The number of nitrogens with zero attached hydrogens (tertiary/aromatic N) is 3. The lowest BCUT2D eigenvalue weighted by molar-refractivity contribution is -0.137. The van der Waals surface area contributed by atoms with Crippen LogP contribution in [0.15, 0.2) is 67.0 Å². The first-order chi connectivity index (χ1) is 17.1. The summed E-state index contributed by atoms with van der Waals surface area (Å²) in [5.41, 5.74) is 0.124. The molecule has 0 spiro atoms. The molecular weight excluding hydrogens is 514 g/mol. The highest BCUT2D eigenvalue weighted by Crippen LogP contribution is 2.36. The number of nitrogens with one attached hydrogen (secondary N) is 2. The SMILES string of the molecule is CN(/C=C\CC(=O)NC(CO)c1ccccc1)c1nc(Nc2ccc(P)cc2Cl)ncc1C(F)(F)F. The zero-order valence-electron chi connectivity index (χ0n) is 19.1. The van der Waals surface area contributed by atoms with Crippen LogP contribution in [0, 0.1) is 0 Å². The van der Waals surface area contributed by atoms with E-state index in [1.165, 1.54) is 19.3 Å². The van der Waals surface area contributed by atoms with E-state index in [0.717, 1.165) is 15.8 Å². The number of halogens is 4. The number of benzene rings is 2. The first-order valence-electron chi connectivity index (χ1n) is 10.7. The number of aliphatic hydroxyl groups is 1. The summed E-state index contributed by atoms with van der Waals surface area (Å²) in [6.07, 6.45) is -1.42. The molecule has 2 aromatic carbocycles. The summed E-state index contributed by atoms with van der Waals surface area (Å²) >= 11 is 6.18. The number of anilines is 3. The van der Waals surface area contributed by atoms with Gasteiger partial charge in [-0.1, -0.05) is 54.1 Å². The maximum absolute atomic E-state index is 13.6. The maximum atomic E-state index is 13.6. The number of aromatic nitrogens is 2. The molecule has 2 atom stereocenters. The van der Waals surface area contributed by atoms with E-state index in [-0.39, 0.29) is 19.0 Å². The van der Waals surface area contributed by atoms with Crippen molar-refractivity contribution in [1.82, 2.24) is 15.3 Å². The molecule has 7 nitrogen and oxygen atoms in total. The molecule has 1 amide bonds. The van der Waals surface area contributed by atoms with Crippen molar-refractivity contribution in [2.75, 3.05) is 23.9 Å². The average Bonchev–Trinajstić information content (AvgIpc) is 2.84. The highest BCUT2D eigenvalue weighted by Gasteiger charge is 2.36. The van der Waals surface area contributed by atoms with Gasteiger partial charge in [-0.3, -0.25) is 4.79 Å². The molecule has 2 unspecified atom stereocenters. The molecule has 0 aliphatic carbocycles. The number of alkyl halides is 3. The van der Waals surface area contributed by atoms with Gasteiger partial charge in [-0.05, 0) is 23.0 Å². The van der Waals surface area contributed by atoms with Gasteiger partial charge in [0.2, 0.25) is 11.9 Å². The van der Waals surface area contributed by atoms with E-state index >= 15 is 0 Å². The van der Waals surface area contributed by atoms with Gasteiger partial charge in [-0.2, -0.15) is 18.2 Å². The molecule has 3 N–H and O–H groups in total. The van der Waals surface area contributed by atoms with Gasteiger partial charge < -0.3 is 20.6 Å². The Bertz CT molecular complexity index is 1230. The summed E-state index contributed by atoms with van der Waals surface area (Å²) < 4.78 is 40.8. The molecule has 0 radical (unpaired) electrons. The van der Waals surface area contributed by atoms with Crippen molar-refractivity contribution in [2.24, 2.45) is 0 Å². The van der Waals surface area contributed by atoms with Gasteiger partial charge in [0, 0.05) is 25.9 Å². The minimum absolute atomic E-state index is 0.0805. The van der Waals surface area contributed by atoms with E-state index in [1.807, 2.05) is 6.07 Å². The van der Waals surface area contributed by atoms with E-state index in [1.54, 1.807) is 42.5 Å². The number of carbonyl (C=O) groups excluding carboxylic acids is 1. The number of rotatable bonds is 9. The van der Waals surface area contributed by atoms with E-state index in [4.69, 9.17) is 11.6 Å². The predicted octanol–water partition coefficient (Wildman–Crippen LogP) is 4.58. The lowest BCUT2D eigenvalue weighted by Gasteiger charge is -2.20. The summed E-state index contributed by atoms with van der Waals surface area (Å²) in [5.74, 6) is -0.896. The van der Waals surface area contributed by atoms with Crippen LogP contribution < -0.4 is 20.8 Å². The molecular formula is C24H24ClF3N5O2P.